The monoisotopic (exact) mass is 308 g/mol. The number of ether oxygens (including phenoxy) is 1. The Hall–Kier alpha value is -2.27. The van der Waals surface area contributed by atoms with Gasteiger partial charge in [0.05, 0.1) is 11.6 Å². The molecule has 0 radical (unpaired) electrons. The predicted molar refractivity (Wildman–Crippen MR) is 81.8 cm³/mol. The Bertz CT molecular complexity index is 632. The third-order valence-electron chi connectivity index (χ3n) is 2.62. The number of hydrogen-bond acceptors (Lipinski definition) is 3. The van der Waals surface area contributed by atoms with Crippen molar-refractivity contribution in [2.75, 3.05) is 17.2 Å². The van der Waals surface area contributed by atoms with E-state index >= 15 is 0 Å². The molecule has 21 heavy (non-hydrogen) atoms. The first-order chi connectivity index (χ1) is 10.1. The molecule has 0 atom stereocenters. The topological polar surface area (TPSA) is 50.4 Å². The minimum atomic E-state index is -0.497. The zero-order chi connectivity index (χ0) is 15.2. The summed E-state index contributed by atoms with van der Waals surface area (Å²) >= 11 is 5.72. The smallest absolute Gasteiger partial charge is 0.411 e. The molecule has 4 nitrogen and oxygen atoms in total. The van der Waals surface area contributed by atoms with E-state index in [0.717, 1.165) is 5.69 Å². The number of carbonyl (C=O) groups excluding carboxylic acids is 1. The van der Waals surface area contributed by atoms with E-state index in [1.54, 1.807) is 37.3 Å². The van der Waals surface area contributed by atoms with Crippen molar-refractivity contribution in [1.29, 1.82) is 0 Å². The number of carbonyl (C=O) groups is 1. The van der Waals surface area contributed by atoms with E-state index in [4.69, 9.17) is 16.3 Å². The lowest BCUT2D eigenvalue weighted by Gasteiger charge is -2.09. The van der Waals surface area contributed by atoms with E-state index in [2.05, 4.69) is 10.6 Å². The van der Waals surface area contributed by atoms with Crippen molar-refractivity contribution in [3.63, 3.8) is 0 Å². The number of amides is 1. The number of anilines is 3. The molecule has 2 N–H and O–H groups in total. The van der Waals surface area contributed by atoms with Crippen molar-refractivity contribution in [3.8, 4) is 0 Å². The van der Waals surface area contributed by atoms with Gasteiger partial charge in [0.25, 0.3) is 0 Å². The summed E-state index contributed by atoms with van der Waals surface area (Å²) in [5, 5.41) is 5.73. The summed E-state index contributed by atoms with van der Waals surface area (Å²) in [4.78, 5) is 11.3. The summed E-state index contributed by atoms with van der Waals surface area (Å²) in [7, 11) is 0. The van der Waals surface area contributed by atoms with E-state index in [0.29, 0.717) is 18.0 Å². The fourth-order valence-electron chi connectivity index (χ4n) is 1.66. The van der Waals surface area contributed by atoms with E-state index in [1.807, 2.05) is 0 Å². The molecule has 0 heterocycles. The van der Waals surface area contributed by atoms with Crippen LogP contribution in [0.25, 0.3) is 0 Å². The molecule has 0 aliphatic carbocycles. The average molecular weight is 309 g/mol. The van der Waals surface area contributed by atoms with Crippen LogP contribution in [0.15, 0.2) is 42.5 Å². The second-order valence-electron chi connectivity index (χ2n) is 4.18. The Morgan fingerprint density at radius 1 is 1.14 bits per heavy atom. The number of halogens is 2. The van der Waals surface area contributed by atoms with E-state index in [1.165, 1.54) is 12.1 Å². The van der Waals surface area contributed by atoms with E-state index < -0.39 is 11.9 Å². The molecule has 0 fully saturated rings. The summed E-state index contributed by atoms with van der Waals surface area (Å²) in [5.41, 5.74) is 2.08. The molecule has 0 aliphatic rings. The van der Waals surface area contributed by atoms with E-state index in [-0.39, 0.29) is 5.02 Å². The highest BCUT2D eigenvalue weighted by atomic mass is 35.5. The number of nitrogens with one attached hydrogen (secondary N) is 2. The molecule has 6 heteroatoms. The van der Waals surface area contributed by atoms with Gasteiger partial charge < -0.3 is 10.1 Å². The Balaban J connectivity index is 2.01. The summed E-state index contributed by atoms with van der Waals surface area (Å²) in [6.07, 6.45) is -0.497. The van der Waals surface area contributed by atoms with Gasteiger partial charge in [-0.1, -0.05) is 11.6 Å². The van der Waals surface area contributed by atoms with Crippen molar-refractivity contribution in [3.05, 3.63) is 53.3 Å². The molecule has 1 amide bonds. The van der Waals surface area contributed by atoms with Gasteiger partial charge in [0.2, 0.25) is 0 Å². The zero-order valence-electron chi connectivity index (χ0n) is 11.3. The third-order valence-corrected chi connectivity index (χ3v) is 2.90. The first-order valence-corrected chi connectivity index (χ1v) is 6.72. The number of hydrogen-bond donors (Lipinski definition) is 2. The molecular formula is C15H14ClFN2O2. The normalized spacial score (nSPS) is 10.0. The summed E-state index contributed by atoms with van der Waals surface area (Å²) in [6, 6.07) is 11.4. The molecule has 2 aromatic rings. The lowest BCUT2D eigenvalue weighted by atomic mass is 10.2. The largest absolute Gasteiger partial charge is 0.450 e. The zero-order valence-corrected chi connectivity index (χ0v) is 12.1. The van der Waals surface area contributed by atoms with Crippen molar-refractivity contribution in [2.24, 2.45) is 0 Å². The molecule has 2 aromatic carbocycles. The molecule has 2 rings (SSSR count). The Labute approximate surface area is 126 Å². The van der Waals surface area contributed by atoms with Crippen molar-refractivity contribution >= 4 is 34.8 Å². The van der Waals surface area contributed by atoms with Gasteiger partial charge in [-0.3, -0.25) is 5.32 Å². The standard InChI is InChI=1S/C15H14ClFN2O2/c1-2-21-15(20)19-11-5-3-10(4-6-11)18-12-7-8-14(17)13(16)9-12/h3-9,18H,2H2,1H3,(H,19,20). The molecule has 0 unspecified atom stereocenters. The molecule has 0 aliphatic heterocycles. The van der Waals surface area contributed by atoms with Crippen LogP contribution in [0.5, 0.6) is 0 Å². The van der Waals surface area contributed by atoms with Gasteiger partial charge in [-0.15, -0.1) is 0 Å². The highest BCUT2D eigenvalue weighted by Crippen LogP contribution is 2.23. The van der Waals surface area contributed by atoms with Crippen LogP contribution in [-0.4, -0.2) is 12.7 Å². The maximum absolute atomic E-state index is 13.1. The first-order valence-electron chi connectivity index (χ1n) is 6.34. The Kier molecular flexibility index (Phi) is 5.00. The van der Waals surface area contributed by atoms with Gasteiger partial charge in [-0.2, -0.15) is 0 Å². The fourth-order valence-corrected chi connectivity index (χ4v) is 1.84. The molecule has 110 valence electrons. The van der Waals surface area contributed by atoms with Gasteiger partial charge in [-0.05, 0) is 49.4 Å². The molecule has 0 saturated heterocycles. The third kappa shape index (κ3) is 4.36. The molecule has 0 saturated carbocycles. The highest BCUT2D eigenvalue weighted by Gasteiger charge is 2.03. The van der Waals surface area contributed by atoms with Gasteiger partial charge in [0, 0.05) is 17.1 Å². The van der Waals surface area contributed by atoms with Crippen molar-refractivity contribution < 1.29 is 13.9 Å². The lowest BCUT2D eigenvalue weighted by molar-refractivity contribution is 0.168. The van der Waals surface area contributed by atoms with Gasteiger partial charge >= 0.3 is 6.09 Å². The van der Waals surface area contributed by atoms with Crippen molar-refractivity contribution in [2.45, 2.75) is 6.92 Å². The van der Waals surface area contributed by atoms with Crippen LogP contribution in [0.1, 0.15) is 6.92 Å². The first kappa shape index (κ1) is 15.1. The fraction of sp³-hybridized carbons (Fsp3) is 0.133. The van der Waals surface area contributed by atoms with Gasteiger partial charge in [-0.25, -0.2) is 9.18 Å². The maximum atomic E-state index is 13.1. The van der Waals surface area contributed by atoms with Crippen LogP contribution in [0, 0.1) is 5.82 Å². The minimum Gasteiger partial charge on any atom is -0.450 e. The van der Waals surface area contributed by atoms with Crippen LogP contribution < -0.4 is 10.6 Å². The minimum absolute atomic E-state index is 0.0561. The van der Waals surface area contributed by atoms with Crippen LogP contribution in [0.2, 0.25) is 5.02 Å². The van der Waals surface area contributed by atoms with Crippen LogP contribution in [0.3, 0.4) is 0 Å². The Morgan fingerprint density at radius 2 is 1.76 bits per heavy atom. The van der Waals surface area contributed by atoms with Gasteiger partial charge in [0.1, 0.15) is 5.82 Å². The lowest BCUT2D eigenvalue weighted by Crippen LogP contribution is -2.13. The van der Waals surface area contributed by atoms with E-state index in [9.17, 15) is 9.18 Å². The number of rotatable bonds is 4. The summed E-state index contributed by atoms with van der Waals surface area (Å²) in [6.45, 7) is 2.05. The van der Waals surface area contributed by atoms with Gasteiger partial charge in [0.15, 0.2) is 0 Å². The SMILES string of the molecule is CCOC(=O)Nc1ccc(Nc2ccc(F)c(Cl)c2)cc1. The summed E-state index contributed by atoms with van der Waals surface area (Å²) in [5.74, 6) is -0.462. The quantitative estimate of drug-likeness (QED) is 0.853. The summed E-state index contributed by atoms with van der Waals surface area (Å²) < 4.78 is 17.8. The molecule has 0 spiro atoms. The van der Waals surface area contributed by atoms with Crippen molar-refractivity contribution in [1.82, 2.24) is 0 Å². The number of benzene rings is 2. The predicted octanol–water partition coefficient (Wildman–Crippen LogP) is 4.79. The Morgan fingerprint density at radius 3 is 2.38 bits per heavy atom. The second kappa shape index (κ2) is 6.95. The highest BCUT2D eigenvalue weighted by molar-refractivity contribution is 6.31. The molecule has 0 aromatic heterocycles. The van der Waals surface area contributed by atoms with Crippen LogP contribution in [-0.2, 0) is 4.74 Å². The molecular weight excluding hydrogens is 295 g/mol. The average Bonchev–Trinajstić information content (AvgIpc) is 2.45. The van der Waals surface area contributed by atoms with Crippen LogP contribution >= 0.6 is 11.6 Å². The molecule has 0 bridgehead atoms. The second-order valence-corrected chi connectivity index (χ2v) is 4.58. The maximum Gasteiger partial charge on any atom is 0.411 e. The van der Waals surface area contributed by atoms with Crippen LogP contribution in [0.4, 0.5) is 26.2 Å².